The van der Waals surface area contributed by atoms with Crippen molar-refractivity contribution in [2.75, 3.05) is 5.32 Å². The van der Waals surface area contributed by atoms with Crippen molar-refractivity contribution in [3.8, 4) is 22.4 Å². The summed E-state index contributed by atoms with van der Waals surface area (Å²) < 4.78 is 0. The quantitative estimate of drug-likeness (QED) is 0.506. The number of rotatable bonds is 4. The van der Waals surface area contributed by atoms with Crippen molar-refractivity contribution in [1.29, 1.82) is 0 Å². The predicted molar refractivity (Wildman–Crippen MR) is 107 cm³/mol. The van der Waals surface area contributed by atoms with Crippen molar-refractivity contribution in [3.05, 3.63) is 97.0 Å². The lowest BCUT2D eigenvalue weighted by Gasteiger charge is -2.09. The van der Waals surface area contributed by atoms with Crippen LogP contribution in [0.1, 0.15) is 5.56 Å². The maximum Gasteiger partial charge on any atom is 0.0717 e. The Labute approximate surface area is 153 Å². The van der Waals surface area contributed by atoms with Crippen LogP contribution in [0.5, 0.6) is 0 Å². The van der Waals surface area contributed by atoms with E-state index in [1.54, 1.807) is 6.20 Å². The average Bonchev–Trinajstić information content (AvgIpc) is 2.70. The topological polar surface area (TPSA) is 37.8 Å². The van der Waals surface area contributed by atoms with Gasteiger partial charge in [0.2, 0.25) is 0 Å². The van der Waals surface area contributed by atoms with Crippen LogP contribution in [0.2, 0.25) is 0 Å². The maximum atomic E-state index is 4.57. The van der Waals surface area contributed by atoms with Crippen molar-refractivity contribution < 1.29 is 0 Å². The molecule has 0 saturated carbocycles. The summed E-state index contributed by atoms with van der Waals surface area (Å²) in [5, 5.41) is 3.43. The van der Waals surface area contributed by atoms with Crippen LogP contribution in [-0.4, -0.2) is 9.97 Å². The SMILES string of the molecule is Cc1cccc(Nc2ccc(-c3ccc(-c4cccnc4)nc3)cc2)c1. The minimum Gasteiger partial charge on any atom is -0.356 e. The summed E-state index contributed by atoms with van der Waals surface area (Å²) in [5.74, 6) is 0. The normalized spacial score (nSPS) is 10.5. The van der Waals surface area contributed by atoms with Crippen LogP contribution in [0.4, 0.5) is 11.4 Å². The van der Waals surface area contributed by atoms with Gasteiger partial charge < -0.3 is 5.32 Å². The summed E-state index contributed by atoms with van der Waals surface area (Å²) in [6.45, 7) is 2.09. The van der Waals surface area contributed by atoms with E-state index in [2.05, 4.69) is 76.8 Å². The van der Waals surface area contributed by atoms with E-state index in [1.807, 2.05) is 30.6 Å². The molecule has 0 bridgehead atoms. The number of aryl methyl sites for hydroxylation is 1. The second kappa shape index (κ2) is 7.19. The molecule has 0 radical (unpaired) electrons. The summed E-state index contributed by atoms with van der Waals surface area (Å²) in [4.78, 5) is 8.71. The van der Waals surface area contributed by atoms with Crippen molar-refractivity contribution in [3.63, 3.8) is 0 Å². The second-order valence-electron chi connectivity index (χ2n) is 6.25. The lowest BCUT2D eigenvalue weighted by Crippen LogP contribution is -1.91. The van der Waals surface area contributed by atoms with Crippen LogP contribution < -0.4 is 5.32 Å². The number of hydrogen-bond acceptors (Lipinski definition) is 3. The Morgan fingerprint density at radius 2 is 1.54 bits per heavy atom. The van der Waals surface area contributed by atoms with Gasteiger partial charge >= 0.3 is 0 Å². The van der Waals surface area contributed by atoms with Gasteiger partial charge in [0, 0.05) is 41.1 Å². The van der Waals surface area contributed by atoms with E-state index < -0.39 is 0 Å². The molecule has 2 aromatic carbocycles. The van der Waals surface area contributed by atoms with E-state index in [1.165, 1.54) is 5.56 Å². The van der Waals surface area contributed by atoms with Gasteiger partial charge in [-0.15, -0.1) is 0 Å². The largest absolute Gasteiger partial charge is 0.356 e. The Bertz CT molecular complexity index is 992. The molecule has 0 aliphatic heterocycles. The molecule has 2 aromatic heterocycles. The Balaban J connectivity index is 1.51. The Morgan fingerprint density at radius 3 is 2.23 bits per heavy atom. The minimum absolute atomic E-state index is 0.930. The number of pyridine rings is 2. The predicted octanol–water partition coefficient (Wildman–Crippen LogP) is 5.86. The van der Waals surface area contributed by atoms with Crippen LogP contribution >= 0.6 is 0 Å². The van der Waals surface area contributed by atoms with Crippen LogP contribution in [0.25, 0.3) is 22.4 Å². The van der Waals surface area contributed by atoms with E-state index >= 15 is 0 Å². The standard InChI is InChI=1S/C23H19N3/c1-17-4-2-6-22(14-17)26-21-10-7-18(8-11-21)19-9-12-23(25-16-19)20-5-3-13-24-15-20/h2-16,26H,1H3. The summed E-state index contributed by atoms with van der Waals surface area (Å²) >= 11 is 0. The molecular weight excluding hydrogens is 318 g/mol. The molecule has 1 N–H and O–H groups in total. The zero-order valence-corrected chi connectivity index (χ0v) is 14.6. The van der Waals surface area contributed by atoms with E-state index in [0.717, 1.165) is 33.8 Å². The molecule has 0 aliphatic carbocycles. The molecule has 3 nitrogen and oxygen atoms in total. The molecule has 0 atom stereocenters. The molecule has 0 saturated heterocycles. The zero-order valence-electron chi connectivity index (χ0n) is 14.6. The van der Waals surface area contributed by atoms with Crippen molar-refractivity contribution in [2.24, 2.45) is 0 Å². The molecular formula is C23H19N3. The Kier molecular flexibility index (Phi) is 4.44. The third-order valence-corrected chi connectivity index (χ3v) is 4.25. The van der Waals surface area contributed by atoms with E-state index in [-0.39, 0.29) is 0 Å². The van der Waals surface area contributed by atoms with Gasteiger partial charge in [0.15, 0.2) is 0 Å². The van der Waals surface area contributed by atoms with Gasteiger partial charge in [-0.3, -0.25) is 9.97 Å². The molecule has 126 valence electrons. The van der Waals surface area contributed by atoms with E-state index in [9.17, 15) is 0 Å². The molecule has 26 heavy (non-hydrogen) atoms. The van der Waals surface area contributed by atoms with Gasteiger partial charge in [-0.1, -0.05) is 30.3 Å². The van der Waals surface area contributed by atoms with Gasteiger partial charge in [-0.25, -0.2) is 0 Å². The van der Waals surface area contributed by atoms with Crippen molar-refractivity contribution in [1.82, 2.24) is 9.97 Å². The highest BCUT2D eigenvalue weighted by Gasteiger charge is 2.02. The smallest absolute Gasteiger partial charge is 0.0717 e. The maximum absolute atomic E-state index is 4.57. The van der Waals surface area contributed by atoms with Crippen LogP contribution in [0.15, 0.2) is 91.4 Å². The van der Waals surface area contributed by atoms with Crippen molar-refractivity contribution in [2.45, 2.75) is 6.92 Å². The van der Waals surface area contributed by atoms with E-state index in [0.29, 0.717) is 0 Å². The first-order valence-electron chi connectivity index (χ1n) is 8.58. The summed E-state index contributed by atoms with van der Waals surface area (Å²) in [7, 11) is 0. The first-order chi connectivity index (χ1) is 12.8. The number of benzene rings is 2. The van der Waals surface area contributed by atoms with Crippen LogP contribution in [0, 0.1) is 6.92 Å². The summed E-state index contributed by atoms with van der Waals surface area (Å²) in [5.41, 5.74) is 7.60. The molecule has 3 heteroatoms. The first kappa shape index (κ1) is 16.0. The van der Waals surface area contributed by atoms with Crippen LogP contribution in [0.3, 0.4) is 0 Å². The Hall–Kier alpha value is -3.46. The molecule has 0 spiro atoms. The first-order valence-corrected chi connectivity index (χ1v) is 8.58. The lowest BCUT2D eigenvalue weighted by atomic mass is 10.1. The molecule has 0 fully saturated rings. The fraction of sp³-hybridized carbons (Fsp3) is 0.0435. The molecule has 0 unspecified atom stereocenters. The summed E-state index contributed by atoms with van der Waals surface area (Å²) in [6.07, 6.45) is 5.50. The van der Waals surface area contributed by atoms with Gasteiger partial charge in [-0.2, -0.15) is 0 Å². The highest BCUT2D eigenvalue weighted by molar-refractivity contribution is 5.69. The zero-order chi connectivity index (χ0) is 17.8. The number of aromatic nitrogens is 2. The highest BCUT2D eigenvalue weighted by atomic mass is 14.9. The van der Waals surface area contributed by atoms with Gasteiger partial charge in [0.05, 0.1) is 5.69 Å². The Morgan fingerprint density at radius 1 is 0.692 bits per heavy atom. The second-order valence-corrected chi connectivity index (χ2v) is 6.25. The molecule has 0 amide bonds. The van der Waals surface area contributed by atoms with Gasteiger partial charge in [0.1, 0.15) is 0 Å². The highest BCUT2D eigenvalue weighted by Crippen LogP contribution is 2.25. The lowest BCUT2D eigenvalue weighted by molar-refractivity contribution is 1.28. The summed E-state index contributed by atoms with van der Waals surface area (Å²) in [6, 6.07) is 24.8. The fourth-order valence-corrected chi connectivity index (χ4v) is 2.89. The van der Waals surface area contributed by atoms with Gasteiger partial charge in [-0.05, 0) is 60.5 Å². The monoisotopic (exact) mass is 337 g/mol. The number of anilines is 2. The molecule has 4 rings (SSSR count). The number of hydrogen-bond donors (Lipinski definition) is 1. The number of nitrogens with zero attached hydrogens (tertiary/aromatic N) is 2. The van der Waals surface area contributed by atoms with Gasteiger partial charge in [0.25, 0.3) is 0 Å². The third kappa shape index (κ3) is 3.62. The molecule has 0 aliphatic rings. The fourth-order valence-electron chi connectivity index (χ4n) is 2.89. The molecule has 2 heterocycles. The number of nitrogens with one attached hydrogen (secondary N) is 1. The van der Waals surface area contributed by atoms with Crippen molar-refractivity contribution >= 4 is 11.4 Å². The average molecular weight is 337 g/mol. The van der Waals surface area contributed by atoms with E-state index in [4.69, 9.17) is 0 Å². The van der Waals surface area contributed by atoms with Crippen LogP contribution in [-0.2, 0) is 0 Å². The molecule has 4 aromatic rings. The third-order valence-electron chi connectivity index (χ3n) is 4.25. The minimum atomic E-state index is 0.930.